The Kier molecular flexibility index (Phi) is 5.83. The molecule has 1 fully saturated rings. The van der Waals surface area contributed by atoms with E-state index in [1.165, 1.54) is 16.9 Å². The van der Waals surface area contributed by atoms with Crippen molar-refractivity contribution < 1.29 is 9.53 Å². The fraction of sp³-hybridized carbons (Fsp3) is 0.240. The molecular formula is C25H24N4O2S. The summed E-state index contributed by atoms with van der Waals surface area (Å²) in [7, 11) is 0. The molecule has 6 nitrogen and oxygen atoms in total. The molecular weight excluding hydrogens is 420 g/mol. The number of likely N-dealkylation sites (tertiary alicyclic amines) is 1. The Balaban J connectivity index is 1.30. The molecule has 7 heteroatoms. The molecule has 2 aromatic heterocycles. The molecule has 1 amide bonds. The number of carbonyl (C=O) groups excluding carboxylic acids is 1. The molecule has 1 saturated heterocycles. The minimum absolute atomic E-state index is 0.330. The van der Waals surface area contributed by atoms with Gasteiger partial charge in [-0.15, -0.1) is 11.3 Å². The molecule has 1 unspecified atom stereocenters. The Labute approximate surface area is 190 Å². The first-order chi connectivity index (χ1) is 15.7. The maximum atomic E-state index is 12.1. The molecule has 5 rings (SSSR count). The smallest absolute Gasteiger partial charge is 0.321 e. The van der Waals surface area contributed by atoms with Gasteiger partial charge in [-0.05, 0) is 66.6 Å². The van der Waals surface area contributed by atoms with Crippen LogP contribution in [0.3, 0.4) is 0 Å². The number of rotatable bonds is 7. The quantitative estimate of drug-likeness (QED) is 0.443. The Morgan fingerprint density at radius 2 is 1.88 bits per heavy atom. The maximum Gasteiger partial charge on any atom is 0.321 e. The van der Waals surface area contributed by atoms with Crippen LogP contribution in [-0.2, 0) is 13.0 Å². The van der Waals surface area contributed by atoms with Crippen molar-refractivity contribution in [1.82, 2.24) is 14.9 Å². The summed E-state index contributed by atoms with van der Waals surface area (Å²) in [6, 6.07) is 18.8. The van der Waals surface area contributed by atoms with Gasteiger partial charge in [0.1, 0.15) is 5.75 Å². The minimum atomic E-state index is -0.330. The molecule has 0 radical (unpaired) electrons. The molecule has 3 heterocycles. The Morgan fingerprint density at radius 1 is 1.09 bits per heavy atom. The standard InChI is InChI=1S/C25H24N4O2S/c26-24(30)23-21(20-6-1-2-7-22(20)32-23)15-18-5-3-14-29(18)16-17-8-10-19(11-9-17)31-25-27-12-4-13-28-25/h1-2,4,6-13,18H,3,5,14-16H2,(H2,26,30). The molecule has 1 aliphatic rings. The van der Waals surface area contributed by atoms with E-state index in [9.17, 15) is 4.79 Å². The Morgan fingerprint density at radius 3 is 2.66 bits per heavy atom. The van der Waals surface area contributed by atoms with Crippen LogP contribution in [0, 0.1) is 0 Å². The lowest BCUT2D eigenvalue weighted by molar-refractivity contribution is 0.100. The number of amides is 1. The van der Waals surface area contributed by atoms with Gasteiger partial charge in [-0.2, -0.15) is 0 Å². The Hall–Kier alpha value is -3.29. The zero-order valence-electron chi connectivity index (χ0n) is 17.6. The number of nitrogens with two attached hydrogens (primary N) is 1. The van der Waals surface area contributed by atoms with Gasteiger partial charge in [-0.3, -0.25) is 9.69 Å². The highest BCUT2D eigenvalue weighted by Crippen LogP contribution is 2.34. The van der Waals surface area contributed by atoms with E-state index >= 15 is 0 Å². The molecule has 0 saturated carbocycles. The van der Waals surface area contributed by atoms with Crippen molar-refractivity contribution in [1.29, 1.82) is 0 Å². The predicted octanol–water partition coefficient (Wildman–Crippen LogP) is 4.79. The highest BCUT2D eigenvalue weighted by atomic mass is 32.1. The highest BCUT2D eigenvalue weighted by molar-refractivity contribution is 7.21. The second kappa shape index (κ2) is 9.06. The number of nitrogens with zero attached hydrogens (tertiary/aromatic N) is 3. The minimum Gasteiger partial charge on any atom is -0.424 e. The average molecular weight is 445 g/mol. The zero-order valence-corrected chi connectivity index (χ0v) is 18.4. The summed E-state index contributed by atoms with van der Waals surface area (Å²) in [5.74, 6) is 0.387. The SMILES string of the molecule is NC(=O)c1sc2ccccc2c1CC1CCCN1Cc1ccc(Oc2ncccn2)cc1. The number of aromatic nitrogens is 2. The van der Waals surface area contributed by atoms with Crippen molar-refractivity contribution >= 4 is 27.3 Å². The highest BCUT2D eigenvalue weighted by Gasteiger charge is 2.28. The van der Waals surface area contributed by atoms with E-state index in [4.69, 9.17) is 10.5 Å². The molecule has 1 atom stereocenters. The lowest BCUT2D eigenvalue weighted by atomic mass is 10.00. The van der Waals surface area contributed by atoms with Gasteiger partial charge in [0, 0.05) is 29.7 Å². The van der Waals surface area contributed by atoms with Crippen molar-refractivity contribution in [3.05, 3.63) is 83.0 Å². The predicted molar refractivity (Wildman–Crippen MR) is 126 cm³/mol. The average Bonchev–Trinajstić information content (AvgIpc) is 3.41. The zero-order chi connectivity index (χ0) is 21.9. The number of hydrogen-bond acceptors (Lipinski definition) is 6. The summed E-state index contributed by atoms with van der Waals surface area (Å²) < 4.78 is 6.82. The molecule has 0 aliphatic carbocycles. The number of carbonyl (C=O) groups is 1. The molecule has 2 aromatic carbocycles. The van der Waals surface area contributed by atoms with Crippen LogP contribution >= 0.6 is 11.3 Å². The van der Waals surface area contributed by atoms with Crippen molar-refractivity contribution in [2.75, 3.05) is 6.54 Å². The summed E-state index contributed by atoms with van der Waals surface area (Å²) in [5, 5.41) is 1.16. The van der Waals surface area contributed by atoms with Crippen molar-refractivity contribution in [3.63, 3.8) is 0 Å². The van der Waals surface area contributed by atoms with Gasteiger partial charge >= 0.3 is 6.01 Å². The monoisotopic (exact) mass is 444 g/mol. The first-order valence-corrected chi connectivity index (χ1v) is 11.6. The molecule has 2 N–H and O–H groups in total. The van der Waals surface area contributed by atoms with Crippen molar-refractivity contribution in [3.8, 4) is 11.8 Å². The van der Waals surface area contributed by atoms with E-state index in [1.54, 1.807) is 18.5 Å². The van der Waals surface area contributed by atoms with Gasteiger partial charge in [0.2, 0.25) is 0 Å². The van der Waals surface area contributed by atoms with Crippen LogP contribution in [0.4, 0.5) is 0 Å². The molecule has 32 heavy (non-hydrogen) atoms. The molecule has 162 valence electrons. The molecule has 0 bridgehead atoms. The number of fused-ring (bicyclic) bond motifs is 1. The van der Waals surface area contributed by atoms with E-state index in [0.29, 0.717) is 22.7 Å². The van der Waals surface area contributed by atoms with E-state index in [-0.39, 0.29) is 5.91 Å². The third kappa shape index (κ3) is 4.35. The topological polar surface area (TPSA) is 81.3 Å². The largest absolute Gasteiger partial charge is 0.424 e. The maximum absolute atomic E-state index is 12.1. The van der Waals surface area contributed by atoms with E-state index in [1.807, 2.05) is 24.3 Å². The fourth-order valence-corrected chi connectivity index (χ4v) is 5.50. The van der Waals surface area contributed by atoms with Crippen LogP contribution in [0.25, 0.3) is 10.1 Å². The van der Waals surface area contributed by atoms with E-state index < -0.39 is 0 Å². The number of primary amides is 1. The van der Waals surface area contributed by atoms with Gasteiger partial charge in [-0.25, -0.2) is 9.97 Å². The fourth-order valence-electron chi connectivity index (χ4n) is 4.41. The number of thiophene rings is 1. The summed E-state index contributed by atoms with van der Waals surface area (Å²) in [4.78, 5) is 23.5. The first kappa shape index (κ1) is 20.6. The van der Waals surface area contributed by atoms with E-state index in [2.05, 4.69) is 39.1 Å². The normalized spacial score (nSPS) is 16.4. The summed E-state index contributed by atoms with van der Waals surface area (Å²) >= 11 is 1.51. The second-order valence-corrected chi connectivity index (χ2v) is 9.07. The number of hydrogen-bond donors (Lipinski definition) is 1. The van der Waals surface area contributed by atoms with Crippen molar-refractivity contribution in [2.24, 2.45) is 5.73 Å². The van der Waals surface area contributed by atoms with Crippen LogP contribution in [0.1, 0.15) is 33.6 Å². The summed E-state index contributed by atoms with van der Waals surface area (Å²) in [5.41, 5.74) is 8.04. The van der Waals surface area contributed by atoms with Gasteiger partial charge < -0.3 is 10.5 Å². The summed E-state index contributed by atoms with van der Waals surface area (Å²) in [6.07, 6.45) is 6.43. The first-order valence-electron chi connectivity index (χ1n) is 10.8. The summed E-state index contributed by atoms with van der Waals surface area (Å²) in [6.45, 7) is 1.91. The Bertz CT molecular complexity index is 1220. The van der Waals surface area contributed by atoms with Crippen LogP contribution in [0.15, 0.2) is 67.0 Å². The molecule has 0 spiro atoms. The number of benzene rings is 2. The van der Waals surface area contributed by atoms with Crippen LogP contribution in [0.2, 0.25) is 0 Å². The van der Waals surface area contributed by atoms with Gasteiger partial charge in [-0.1, -0.05) is 30.3 Å². The van der Waals surface area contributed by atoms with Crippen LogP contribution in [-0.4, -0.2) is 33.4 Å². The number of ether oxygens (including phenoxy) is 1. The lowest BCUT2D eigenvalue weighted by Crippen LogP contribution is -2.31. The van der Waals surface area contributed by atoms with Gasteiger partial charge in [0.05, 0.1) is 4.88 Å². The van der Waals surface area contributed by atoms with Gasteiger partial charge in [0.15, 0.2) is 0 Å². The lowest BCUT2D eigenvalue weighted by Gasteiger charge is -2.25. The molecule has 1 aliphatic heterocycles. The van der Waals surface area contributed by atoms with Gasteiger partial charge in [0.25, 0.3) is 5.91 Å². The van der Waals surface area contributed by atoms with E-state index in [0.717, 1.165) is 48.0 Å². The van der Waals surface area contributed by atoms with Crippen LogP contribution < -0.4 is 10.5 Å². The molecule has 4 aromatic rings. The second-order valence-electron chi connectivity index (χ2n) is 8.02. The third-order valence-corrected chi connectivity index (χ3v) is 7.15. The van der Waals surface area contributed by atoms with Crippen molar-refractivity contribution in [2.45, 2.75) is 31.8 Å². The van der Waals surface area contributed by atoms with Crippen LogP contribution in [0.5, 0.6) is 11.8 Å². The third-order valence-electron chi connectivity index (χ3n) is 5.92.